The van der Waals surface area contributed by atoms with Crippen molar-refractivity contribution in [1.82, 2.24) is 4.90 Å². The lowest BCUT2D eigenvalue weighted by Gasteiger charge is -2.14. The molecule has 0 saturated carbocycles. The summed E-state index contributed by atoms with van der Waals surface area (Å²) in [6, 6.07) is 4.16. The van der Waals surface area contributed by atoms with Crippen LogP contribution in [0.2, 0.25) is 0 Å². The Morgan fingerprint density at radius 3 is 2.86 bits per heavy atom. The van der Waals surface area contributed by atoms with Crippen LogP contribution >= 0.6 is 27.3 Å². The van der Waals surface area contributed by atoms with E-state index in [4.69, 9.17) is 11.1 Å². The van der Waals surface area contributed by atoms with Crippen molar-refractivity contribution in [3.63, 3.8) is 0 Å². The first-order valence-corrected chi connectivity index (χ1v) is 5.94. The maximum absolute atomic E-state index is 7.12. The lowest BCUT2D eigenvalue weighted by atomic mass is 10.3. The van der Waals surface area contributed by atoms with Gasteiger partial charge in [-0.2, -0.15) is 0 Å². The minimum Gasteiger partial charge on any atom is -0.388 e. The molecule has 1 aromatic rings. The van der Waals surface area contributed by atoms with Crippen molar-refractivity contribution in [3.8, 4) is 0 Å². The molecule has 0 unspecified atom stereocenters. The van der Waals surface area contributed by atoms with Gasteiger partial charge in [0.25, 0.3) is 0 Å². The van der Waals surface area contributed by atoms with E-state index >= 15 is 0 Å². The molecular weight excluding hydrogens is 262 g/mol. The fourth-order valence-corrected chi connectivity index (χ4v) is 2.66. The van der Waals surface area contributed by atoms with E-state index in [2.05, 4.69) is 33.0 Å². The van der Waals surface area contributed by atoms with E-state index < -0.39 is 0 Å². The van der Waals surface area contributed by atoms with E-state index in [-0.39, 0.29) is 5.84 Å². The van der Waals surface area contributed by atoms with Gasteiger partial charge in [0.15, 0.2) is 0 Å². The highest BCUT2D eigenvalue weighted by atomic mass is 79.9. The molecule has 0 saturated heterocycles. The Kier molecular flexibility index (Phi) is 4.57. The van der Waals surface area contributed by atoms with Crippen LogP contribution < -0.4 is 5.73 Å². The SMILES string of the molecule is CN(CCC(=N)N)Cc1ccc(Br)s1. The molecule has 0 aliphatic heterocycles. The molecule has 78 valence electrons. The Hall–Kier alpha value is -0.390. The van der Waals surface area contributed by atoms with Crippen LogP contribution in [0.5, 0.6) is 0 Å². The summed E-state index contributed by atoms with van der Waals surface area (Å²) in [5, 5.41) is 7.12. The second-order valence-electron chi connectivity index (χ2n) is 3.22. The Morgan fingerprint density at radius 2 is 2.36 bits per heavy atom. The second kappa shape index (κ2) is 5.48. The summed E-state index contributed by atoms with van der Waals surface area (Å²) in [5.41, 5.74) is 5.29. The van der Waals surface area contributed by atoms with E-state index in [0.717, 1.165) is 16.9 Å². The average Bonchev–Trinajstić information content (AvgIpc) is 2.48. The molecule has 0 fully saturated rings. The van der Waals surface area contributed by atoms with Crippen LogP contribution in [0, 0.1) is 5.41 Å². The number of thiophene rings is 1. The zero-order valence-electron chi connectivity index (χ0n) is 8.09. The highest BCUT2D eigenvalue weighted by Crippen LogP contribution is 2.22. The van der Waals surface area contributed by atoms with E-state index in [0.29, 0.717) is 6.42 Å². The molecule has 14 heavy (non-hydrogen) atoms. The van der Waals surface area contributed by atoms with Crippen molar-refractivity contribution in [2.24, 2.45) is 5.73 Å². The molecule has 0 aliphatic rings. The van der Waals surface area contributed by atoms with Crippen LogP contribution in [0.4, 0.5) is 0 Å². The lowest BCUT2D eigenvalue weighted by Crippen LogP contribution is -2.23. The number of nitrogens with two attached hydrogens (primary N) is 1. The third-order valence-electron chi connectivity index (χ3n) is 1.82. The molecule has 1 aromatic heterocycles. The minimum absolute atomic E-state index is 0.254. The van der Waals surface area contributed by atoms with Gasteiger partial charge >= 0.3 is 0 Å². The first-order valence-electron chi connectivity index (χ1n) is 4.33. The maximum Gasteiger partial charge on any atom is 0.0918 e. The molecule has 0 radical (unpaired) electrons. The van der Waals surface area contributed by atoms with Crippen LogP contribution in [0.25, 0.3) is 0 Å². The number of rotatable bonds is 5. The van der Waals surface area contributed by atoms with E-state index in [1.54, 1.807) is 11.3 Å². The van der Waals surface area contributed by atoms with Gasteiger partial charge in [0, 0.05) is 24.4 Å². The van der Waals surface area contributed by atoms with Gasteiger partial charge in [-0.15, -0.1) is 11.3 Å². The quantitative estimate of drug-likeness (QED) is 0.640. The number of halogens is 1. The van der Waals surface area contributed by atoms with Gasteiger partial charge in [-0.3, -0.25) is 5.41 Å². The summed E-state index contributed by atoms with van der Waals surface area (Å²) in [6.07, 6.45) is 0.642. The summed E-state index contributed by atoms with van der Waals surface area (Å²) in [6.45, 7) is 1.76. The predicted molar refractivity (Wildman–Crippen MR) is 64.9 cm³/mol. The summed E-state index contributed by atoms with van der Waals surface area (Å²) < 4.78 is 1.16. The molecule has 5 heteroatoms. The Labute approximate surface area is 96.5 Å². The first-order chi connectivity index (χ1) is 6.58. The predicted octanol–water partition coefficient (Wildman–Crippen LogP) is 2.27. The molecule has 0 atom stereocenters. The van der Waals surface area contributed by atoms with Crippen LogP contribution in [-0.4, -0.2) is 24.3 Å². The largest absolute Gasteiger partial charge is 0.388 e. The van der Waals surface area contributed by atoms with Gasteiger partial charge in [0.05, 0.1) is 9.62 Å². The highest BCUT2D eigenvalue weighted by molar-refractivity contribution is 9.11. The Morgan fingerprint density at radius 1 is 1.64 bits per heavy atom. The summed E-state index contributed by atoms with van der Waals surface area (Å²) in [5.74, 6) is 0.254. The van der Waals surface area contributed by atoms with E-state index in [1.807, 2.05) is 7.05 Å². The van der Waals surface area contributed by atoms with Gasteiger partial charge < -0.3 is 10.6 Å². The smallest absolute Gasteiger partial charge is 0.0918 e. The highest BCUT2D eigenvalue weighted by Gasteiger charge is 2.03. The number of hydrogen-bond donors (Lipinski definition) is 2. The van der Waals surface area contributed by atoms with Gasteiger partial charge in [-0.05, 0) is 35.1 Å². The fraction of sp³-hybridized carbons (Fsp3) is 0.444. The molecule has 0 bridgehead atoms. The topological polar surface area (TPSA) is 53.1 Å². The van der Waals surface area contributed by atoms with Gasteiger partial charge in [-0.1, -0.05) is 0 Å². The monoisotopic (exact) mass is 275 g/mol. The van der Waals surface area contributed by atoms with Gasteiger partial charge in [0.1, 0.15) is 0 Å². The molecule has 0 spiro atoms. The third-order valence-corrected chi connectivity index (χ3v) is 3.43. The molecule has 0 amide bonds. The molecule has 3 nitrogen and oxygen atoms in total. The molecular formula is C9H14BrN3S. The zero-order chi connectivity index (χ0) is 10.6. The fourth-order valence-electron chi connectivity index (χ4n) is 1.09. The van der Waals surface area contributed by atoms with Crippen molar-refractivity contribution >= 4 is 33.1 Å². The molecule has 0 aliphatic carbocycles. The summed E-state index contributed by atoms with van der Waals surface area (Å²) in [7, 11) is 2.04. The first kappa shape index (κ1) is 11.7. The van der Waals surface area contributed by atoms with Crippen molar-refractivity contribution in [1.29, 1.82) is 5.41 Å². The van der Waals surface area contributed by atoms with Crippen LogP contribution in [0.3, 0.4) is 0 Å². The van der Waals surface area contributed by atoms with Crippen LogP contribution in [-0.2, 0) is 6.54 Å². The van der Waals surface area contributed by atoms with Gasteiger partial charge in [0.2, 0.25) is 0 Å². The lowest BCUT2D eigenvalue weighted by molar-refractivity contribution is 0.339. The normalized spacial score (nSPS) is 10.8. The number of nitrogens with one attached hydrogen (secondary N) is 1. The summed E-state index contributed by atoms with van der Waals surface area (Å²) >= 11 is 5.17. The number of amidine groups is 1. The van der Waals surface area contributed by atoms with Crippen LogP contribution in [0.15, 0.2) is 15.9 Å². The standard InChI is InChI=1S/C9H14BrN3S/c1-13(5-4-9(11)12)6-7-2-3-8(10)14-7/h2-3H,4-6H2,1H3,(H3,11,12). The molecule has 1 heterocycles. The average molecular weight is 276 g/mol. The van der Waals surface area contributed by atoms with Crippen molar-refractivity contribution in [2.45, 2.75) is 13.0 Å². The van der Waals surface area contributed by atoms with Gasteiger partial charge in [-0.25, -0.2) is 0 Å². The number of hydrogen-bond acceptors (Lipinski definition) is 3. The maximum atomic E-state index is 7.12. The molecule has 1 rings (SSSR count). The Balaban J connectivity index is 2.33. The number of nitrogens with zero attached hydrogens (tertiary/aromatic N) is 1. The Bertz CT molecular complexity index is 311. The molecule has 0 aromatic carbocycles. The van der Waals surface area contributed by atoms with E-state index in [9.17, 15) is 0 Å². The van der Waals surface area contributed by atoms with E-state index in [1.165, 1.54) is 4.88 Å². The second-order valence-corrected chi connectivity index (χ2v) is 5.77. The third kappa shape index (κ3) is 4.21. The zero-order valence-corrected chi connectivity index (χ0v) is 10.5. The minimum atomic E-state index is 0.254. The van der Waals surface area contributed by atoms with Crippen molar-refractivity contribution < 1.29 is 0 Å². The summed E-state index contributed by atoms with van der Waals surface area (Å²) in [4.78, 5) is 3.49. The van der Waals surface area contributed by atoms with Crippen LogP contribution in [0.1, 0.15) is 11.3 Å². The van der Waals surface area contributed by atoms with Crippen molar-refractivity contribution in [3.05, 3.63) is 20.8 Å². The van der Waals surface area contributed by atoms with Crippen molar-refractivity contribution in [2.75, 3.05) is 13.6 Å². The molecule has 3 N–H and O–H groups in total.